The molecule has 1 heterocycles. The molecule has 98 valence electrons. The van der Waals surface area contributed by atoms with Gasteiger partial charge in [-0.15, -0.1) is 0 Å². The Balaban J connectivity index is 1.98. The molecule has 0 fully saturated rings. The lowest BCUT2D eigenvalue weighted by Crippen LogP contribution is -2.37. The van der Waals surface area contributed by atoms with Crippen molar-refractivity contribution in [3.8, 4) is 11.1 Å². The zero-order valence-corrected chi connectivity index (χ0v) is 11.7. The van der Waals surface area contributed by atoms with E-state index in [0.717, 1.165) is 6.54 Å². The van der Waals surface area contributed by atoms with Crippen LogP contribution in [-0.4, -0.2) is 6.04 Å². The third-order valence-electron chi connectivity index (χ3n) is 4.34. The van der Waals surface area contributed by atoms with Crippen molar-refractivity contribution in [3.63, 3.8) is 0 Å². The number of hydrogen-bond donors (Lipinski definition) is 1. The molecule has 3 rings (SSSR count). The third kappa shape index (κ3) is 2.31. The molecule has 1 heteroatoms. The van der Waals surface area contributed by atoms with Crippen molar-refractivity contribution >= 4 is 0 Å². The maximum atomic E-state index is 3.65. The minimum atomic E-state index is 0.610. The minimum Gasteiger partial charge on any atom is -0.309 e. The number of hydrogen-bond acceptors (Lipinski definition) is 1. The van der Waals surface area contributed by atoms with E-state index in [9.17, 15) is 0 Å². The fourth-order valence-electron chi connectivity index (χ4n) is 3.15. The molecule has 1 nitrogen and oxygen atoms in total. The van der Waals surface area contributed by atoms with Crippen LogP contribution in [0.4, 0.5) is 0 Å². The van der Waals surface area contributed by atoms with Crippen LogP contribution in [0.1, 0.15) is 37.3 Å². The normalized spacial score (nSPS) is 22.0. The number of fused-ring (bicyclic) bond motifs is 1. The maximum Gasteiger partial charge on any atom is 0.0211 e. The Morgan fingerprint density at radius 2 is 1.84 bits per heavy atom. The largest absolute Gasteiger partial charge is 0.309 e. The topological polar surface area (TPSA) is 12.0 Å². The van der Waals surface area contributed by atoms with Gasteiger partial charge in [-0.25, -0.2) is 0 Å². The Labute approximate surface area is 115 Å². The lowest BCUT2D eigenvalue weighted by atomic mass is 9.83. The third-order valence-corrected chi connectivity index (χ3v) is 4.34. The summed E-state index contributed by atoms with van der Waals surface area (Å²) in [6.07, 6.45) is 1.20. The van der Waals surface area contributed by atoms with E-state index in [4.69, 9.17) is 0 Å². The molecule has 2 aromatic rings. The first-order chi connectivity index (χ1) is 9.29. The molecule has 19 heavy (non-hydrogen) atoms. The Hall–Kier alpha value is -1.60. The number of rotatable bonds is 2. The van der Waals surface area contributed by atoms with E-state index in [1.165, 1.54) is 28.7 Å². The summed E-state index contributed by atoms with van der Waals surface area (Å²) in [7, 11) is 0. The van der Waals surface area contributed by atoms with Crippen LogP contribution >= 0.6 is 0 Å². The van der Waals surface area contributed by atoms with Gasteiger partial charge in [0.1, 0.15) is 0 Å². The Kier molecular flexibility index (Phi) is 3.39. The van der Waals surface area contributed by atoms with Crippen molar-refractivity contribution in [2.24, 2.45) is 0 Å². The Morgan fingerprint density at radius 3 is 2.58 bits per heavy atom. The molecule has 0 saturated heterocycles. The fourth-order valence-corrected chi connectivity index (χ4v) is 3.15. The van der Waals surface area contributed by atoms with E-state index in [1.807, 2.05) is 0 Å². The van der Waals surface area contributed by atoms with Gasteiger partial charge in [0.05, 0.1) is 0 Å². The van der Waals surface area contributed by atoms with Crippen molar-refractivity contribution in [3.05, 3.63) is 59.7 Å². The van der Waals surface area contributed by atoms with Crippen LogP contribution in [0.2, 0.25) is 0 Å². The van der Waals surface area contributed by atoms with Crippen LogP contribution < -0.4 is 5.32 Å². The summed E-state index contributed by atoms with van der Waals surface area (Å²) in [4.78, 5) is 0. The lowest BCUT2D eigenvalue weighted by molar-refractivity contribution is 0.409. The molecule has 0 aromatic heterocycles. The monoisotopic (exact) mass is 251 g/mol. The number of nitrogens with one attached hydrogen (secondary N) is 1. The van der Waals surface area contributed by atoms with Gasteiger partial charge >= 0.3 is 0 Å². The molecule has 1 aliphatic heterocycles. The standard InChI is InChI=1S/C18H21N/c1-3-18-13(2)17-10-9-15(11-16(17)12-19-18)14-7-5-4-6-8-14/h4-11,13,18-19H,3,12H2,1-2H3. The van der Waals surface area contributed by atoms with E-state index in [1.54, 1.807) is 0 Å². The molecule has 0 spiro atoms. The second kappa shape index (κ2) is 5.18. The molecule has 0 saturated carbocycles. The van der Waals surface area contributed by atoms with Gasteiger partial charge in [0.2, 0.25) is 0 Å². The van der Waals surface area contributed by atoms with Gasteiger partial charge in [-0.2, -0.15) is 0 Å². The predicted molar refractivity (Wildman–Crippen MR) is 81.2 cm³/mol. The zero-order valence-electron chi connectivity index (χ0n) is 11.7. The zero-order chi connectivity index (χ0) is 13.2. The van der Waals surface area contributed by atoms with Gasteiger partial charge in [0.15, 0.2) is 0 Å². The second-order valence-corrected chi connectivity index (χ2v) is 5.46. The molecular formula is C18H21N. The summed E-state index contributed by atoms with van der Waals surface area (Å²) in [5, 5.41) is 3.65. The first kappa shape index (κ1) is 12.4. The van der Waals surface area contributed by atoms with E-state index in [-0.39, 0.29) is 0 Å². The van der Waals surface area contributed by atoms with Gasteiger partial charge in [-0.3, -0.25) is 0 Å². The van der Waals surface area contributed by atoms with Crippen molar-refractivity contribution in [2.45, 2.75) is 38.8 Å². The fraction of sp³-hybridized carbons (Fsp3) is 0.333. The average molecular weight is 251 g/mol. The SMILES string of the molecule is CCC1NCc2cc(-c3ccccc3)ccc2C1C. The van der Waals surface area contributed by atoms with E-state index >= 15 is 0 Å². The highest BCUT2D eigenvalue weighted by Gasteiger charge is 2.24. The molecule has 1 aliphatic rings. The molecule has 0 amide bonds. The van der Waals surface area contributed by atoms with Crippen molar-refractivity contribution in [2.75, 3.05) is 0 Å². The van der Waals surface area contributed by atoms with Gasteiger partial charge in [-0.1, -0.05) is 56.3 Å². The average Bonchev–Trinajstić information content (AvgIpc) is 2.48. The lowest BCUT2D eigenvalue weighted by Gasteiger charge is -2.32. The molecular weight excluding hydrogens is 230 g/mol. The Morgan fingerprint density at radius 1 is 1.05 bits per heavy atom. The minimum absolute atomic E-state index is 0.610. The highest BCUT2D eigenvalue weighted by Crippen LogP contribution is 2.32. The second-order valence-electron chi connectivity index (χ2n) is 5.46. The van der Waals surface area contributed by atoms with Crippen LogP contribution in [0, 0.1) is 0 Å². The van der Waals surface area contributed by atoms with Crippen molar-refractivity contribution in [1.82, 2.24) is 5.32 Å². The molecule has 2 atom stereocenters. The molecule has 0 bridgehead atoms. The highest BCUT2D eigenvalue weighted by atomic mass is 14.9. The maximum absolute atomic E-state index is 3.65. The quantitative estimate of drug-likeness (QED) is 0.837. The molecule has 2 unspecified atom stereocenters. The summed E-state index contributed by atoms with van der Waals surface area (Å²) in [6.45, 7) is 5.59. The van der Waals surface area contributed by atoms with Crippen LogP contribution in [-0.2, 0) is 6.54 Å². The number of benzene rings is 2. The summed E-state index contributed by atoms with van der Waals surface area (Å²) in [6, 6.07) is 18.2. The summed E-state index contributed by atoms with van der Waals surface area (Å²) in [5.41, 5.74) is 5.60. The summed E-state index contributed by atoms with van der Waals surface area (Å²) in [5.74, 6) is 0.610. The van der Waals surface area contributed by atoms with E-state index in [2.05, 4.69) is 67.7 Å². The first-order valence-electron chi connectivity index (χ1n) is 7.21. The molecule has 0 aliphatic carbocycles. The van der Waals surface area contributed by atoms with Crippen LogP contribution in [0.25, 0.3) is 11.1 Å². The summed E-state index contributed by atoms with van der Waals surface area (Å²) >= 11 is 0. The van der Waals surface area contributed by atoms with Gasteiger partial charge in [0.25, 0.3) is 0 Å². The van der Waals surface area contributed by atoms with Crippen LogP contribution in [0.3, 0.4) is 0 Å². The molecule has 2 aromatic carbocycles. The smallest absolute Gasteiger partial charge is 0.0211 e. The van der Waals surface area contributed by atoms with Gasteiger partial charge < -0.3 is 5.32 Å². The van der Waals surface area contributed by atoms with Gasteiger partial charge in [0, 0.05) is 12.6 Å². The molecule has 0 radical (unpaired) electrons. The predicted octanol–water partition coefficient (Wildman–Crippen LogP) is 4.34. The first-order valence-corrected chi connectivity index (χ1v) is 7.21. The highest BCUT2D eigenvalue weighted by molar-refractivity contribution is 5.65. The van der Waals surface area contributed by atoms with Crippen molar-refractivity contribution < 1.29 is 0 Å². The van der Waals surface area contributed by atoms with Gasteiger partial charge in [-0.05, 0) is 40.7 Å². The van der Waals surface area contributed by atoms with Crippen LogP contribution in [0.5, 0.6) is 0 Å². The van der Waals surface area contributed by atoms with E-state index in [0.29, 0.717) is 12.0 Å². The Bertz CT molecular complexity index is 559. The van der Waals surface area contributed by atoms with Crippen LogP contribution in [0.15, 0.2) is 48.5 Å². The molecule has 1 N–H and O–H groups in total. The summed E-state index contributed by atoms with van der Waals surface area (Å²) < 4.78 is 0. The van der Waals surface area contributed by atoms with E-state index < -0.39 is 0 Å². The van der Waals surface area contributed by atoms with Crippen molar-refractivity contribution in [1.29, 1.82) is 0 Å².